The molecule has 88 valence electrons. The first-order valence-electron chi connectivity index (χ1n) is 7.04. The van der Waals surface area contributed by atoms with Crippen LogP contribution in [0.2, 0.25) is 0 Å². The number of rotatable bonds is 2. The first-order chi connectivity index (χ1) is 7.36. The molecule has 0 aliphatic heterocycles. The largest absolute Gasteiger partial charge is 0.0853 e. The Labute approximate surface area is 96.2 Å². The fraction of sp³-hybridized carbons (Fsp3) is 0.867. The van der Waals surface area contributed by atoms with Crippen molar-refractivity contribution in [2.75, 3.05) is 0 Å². The highest BCUT2D eigenvalue weighted by Gasteiger charge is 2.22. The van der Waals surface area contributed by atoms with Crippen LogP contribution in [0.15, 0.2) is 11.6 Å². The van der Waals surface area contributed by atoms with Gasteiger partial charge in [0.25, 0.3) is 0 Å². The van der Waals surface area contributed by atoms with E-state index < -0.39 is 0 Å². The molecule has 0 aromatic carbocycles. The van der Waals surface area contributed by atoms with Crippen molar-refractivity contribution in [3.05, 3.63) is 11.6 Å². The van der Waals surface area contributed by atoms with Gasteiger partial charge in [0.15, 0.2) is 0 Å². The average Bonchev–Trinajstić information content (AvgIpc) is 2.94. The van der Waals surface area contributed by atoms with Crippen molar-refractivity contribution in [1.82, 2.24) is 0 Å². The Morgan fingerprint density at radius 2 is 1.73 bits per heavy atom. The highest BCUT2D eigenvalue weighted by Crippen LogP contribution is 2.37. The number of hydrogen-bond donors (Lipinski definition) is 0. The number of hydrogen-bond acceptors (Lipinski definition) is 0. The molecule has 0 unspecified atom stereocenters. The van der Waals surface area contributed by atoms with E-state index in [0.717, 1.165) is 5.92 Å². The zero-order chi connectivity index (χ0) is 10.9. The van der Waals surface area contributed by atoms with E-state index in [0.29, 0.717) is 0 Å². The molecule has 0 atom stereocenters. The lowest BCUT2D eigenvalue weighted by Gasteiger charge is -2.10. The quantitative estimate of drug-likeness (QED) is 0.527. The molecular formula is C15H28. The van der Waals surface area contributed by atoms with Gasteiger partial charge in [0.1, 0.15) is 0 Å². The van der Waals surface area contributed by atoms with E-state index in [4.69, 9.17) is 0 Å². The van der Waals surface area contributed by atoms with Gasteiger partial charge in [0.05, 0.1) is 0 Å². The van der Waals surface area contributed by atoms with Crippen LogP contribution in [0.1, 0.15) is 78.1 Å². The van der Waals surface area contributed by atoms with Crippen LogP contribution >= 0.6 is 0 Å². The van der Waals surface area contributed by atoms with E-state index >= 15 is 0 Å². The summed E-state index contributed by atoms with van der Waals surface area (Å²) < 4.78 is 0. The van der Waals surface area contributed by atoms with Crippen LogP contribution in [0.4, 0.5) is 0 Å². The van der Waals surface area contributed by atoms with Gasteiger partial charge < -0.3 is 0 Å². The molecule has 15 heavy (non-hydrogen) atoms. The molecule has 0 heteroatoms. The van der Waals surface area contributed by atoms with E-state index in [-0.39, 0.29) is 0 Å². The summed E-state index contributed by atoms with van der Waals surface area (Å²) in [6.45, 7) is 4.25. The van der Waals surface area contributed by atoms with Crippen LogP contribution < -0.4 is 0 Å². The third-order valence-electron chi connectivity index (χ3n) is 3.13. The molecule has 0 aromatic heterocycles. The normalized spacial score (nSPS) is 25.3. The zero-order valence-corrected chi connectivity index (χ0v) is 10.7. The van der Waals surface area contributed by atoms with Crippen LogP contribution in [0, 0.1) is 5.92 Å². The summed E-state index contributed by atoms with van der Waals surface area (Å²) in [5, 5.41) is 0. The van der Waals surface area contributed by atoms with Crippen LogP contribution in [0.3, 0.4) is 0 Å². The molecule has 0 N–H and O–H groups in total. The minimum atomic E-state index is 1.09. The third-order valence-corrected chi connectivity index (χ3v) is 3.13. The van der Waals surface area contributed by atoms with Crippen molar-refractivity contribution in [1.29, 1.82) is 0 Å². The van der Waals surface area contributed by atoms with E-state index in [2.05, 4.69) is 19.9 Å². The minimum Gasteiger partial charge on any atom is -0.0853 e. The maximum atomic E-state index is 2.54. The third kappa shape index (κ3) is 6.76. The van der Waals surface area contributed by atoms with Gasteiger partial charge in [-0.3, -0.25) is 0 Å². The zero-order valence-electron chi connectivity index (χ0n) is 10.7. The van der Waals surface area contributed by atoms with Gasteiger partial charge in [-0.1, -0.05) is 44.8 Å². The van der Waals surface area contributed by atoms with E-state index in [9.17, 15) is 0 Å². The summed E-state index contributed by atoms with van der Waals surface area (Å²) in [5.74, 6) is 1.09. The fourth-order valence-corrected chi connectivity index (χ4v) is 2.14. The Balaban J connectivity index is 0.000000337. The van der Waals surface area contributed by atoms with Gasteiger partial charge >= 0.3 is 0 Å². The molecule has 2 aliphatic carbocycles. The molecule has 0 amide bonds. The average molecular weight is 208 g/mol. The van der Waals surface area contributed by atoms with Crippen LogP contribution in [0.25, 0.3) is 0 Å². The highest BCUT2D eigenvalue weighted by atomic mass is 14.3. The van der Waals surface area contributed by atoms with Gasteiger partial charge in [-0.15, -0.1) is 0 Å². The van der Waals surface area contributed by atoms with Crippen molar-refractivity contribution in [3.8, 4) is 0 Å². The molecule has 0 nitrogen and oxygen atoms in total. The van der Waals surface area contributed by atoms with Gasteiger partial charge in [-0.05, 0) is 50.9 Å². The highest BCUT2D eigenvalue weighted by molar-refractivity contribution is 5.05. The first-order valence-corrected chi connectivity index (χ1v) is 7.04. The predicted molar refractivity (Wildman–Crippen MR) is 69.1 cm³/mol. The molecule has 0 aromatic rings. The van der Waals surface area contributed by atoms with Crippen molar-refractivity contribution in [2.24, 2.45) is 5.92 Å². The lowest BCUT2D eigenvalue weighted by atomic mass is 9.96. The van der Waals surface area contributed by atoms with E-state index in [1.165, 1.54) is 64.2 Å². The second-order valence-corrected chi connectivity index (χ2v) is 5.17. The van der Waals surface area contributed by atoms with Crippen LogP contribution in [0.5, 0.6) is 0 Å². The second kappa shape index (κ2) is 7.96. The smallest absolute Gasteiger partial charge is 0.0292 e. The van der Waals surface area contributed by atoms with Gasteiger partial charge in [0, 0.05) is 0 Å². The minimum absolute atomic E-state index is 1.09. The molecule has 1 saturated carbocycles. The second-order valence-electron chi connectivity index (χ2n) is 5.17. The van der Waals surface area contributed by atoms with Crippen molar-refractivity contribution in [3.63, 3.8) is 0 Å². The summed E-state index contributed by atoms with van der Waals surface area (Å²) in [6.07, 6.45) is 16.9. The van der Waals surface area contributed by atoms with Gasteiger partial charge in [-0.25, -0.2) is 0 Å². The maximum absolute atomic E-state index is 2.54. The Morgan fingerprint density at radius 1 is 1.07 bits per heavy atom. The molecule has 2 aliphatic rings. The molecule has 0 spiro atoms. The van der Waals surface area contributed by atoms with Gasteiger partial charge in [-0.2, -0.15) is 0 Å². The lowest BCUT2D eigenvalue weighted by Crippen LogP contribution is -1.91. The monoisotopic (exact) mass is 208 g/mol. The summed E-state index contributed by atoms with van der Waals surface area (Å²) >= 11 is 0. The van der Waals surface area contributed by atoms with E-state index in [1.807, 2.05) is 0 Å². The maximum Gasteiger partial charge on any atom is -0.0292 e. The molecule has 1 fully saturated rings. The molecule has 0 saturated heterocycles. The fourth-order valence-electron chi connectivity index (χ4n) is 2.14. The Kier molecular flexibility index (Phi) is 6.80. The van der Waals surface area contributed by atoms with Gasteiger partial charge in [0.2, 0.25) is 0 Å². The van der Waals surface area contributed by atoms with Crippen molar-refractivity contribution >= 4 is 0 Å². The van der Waals surface area contributed by atoms with Crippen LogP contribution in [-0.2, 0) is 0 Å². The summed E-state index contributed by atoms with van der Waals surface area (Å²) in [5.41, 5.74) is 1.79. The molecule has 0 radical (unpaired) electrons. The van der Waals surface area contributed by atoms with Crippen molar-refractivity contribution < 1.29 is 0 Å². The molecule has 0 bridgehead atoms. The SMILES string of the molecule is C1=C(\CC2CC2)CCCCCC/1.CCC. The molecule has 0 heterocycles. The summed E-state index contributed by atoms with van der Waals surface area (Å²) in [4.78, 5) is 0. The molecule has 2 rings (SSSR count). The van der Waals surface area contributed by atoms with E-state index in [1.54, 1.807) is 5.57 Å². The Hall–Kier alpha value is -0.260. The summed E-state index contributed by atoms with van der Waals surface area (Å²) in [7, 11) is 0. The lowest BCUT2D eigenvalue weighted by molar-refractivity contribution is 0.606. The molecular weight excluding hydrogens is 180 g/mol. The first kappa shape index (κ1) is 12.8. The predicted octanol–water partition coefficient (Wildman–Crippen LogP) is 5.48. The summed E-state index contributed by atoms with van der Waals surface area (Å²) in [6, 6.07) is 0. The Morgan fingerprint density at radius 3 is 2.40 bits per heavy atom. The number of allylic oxidation sites excluding steroid dienone is 2. The topological polar surface area (TPSA) is 0 Å². The Bertz CT molecular complexity index is 174. The van der Waals surface area contributed by atoms with Crippen molar-refractivity contribution in [2.45, 2.75) is 78.1 Å². The van der Waals surface area contributed by atoms with Crippen LogP contribution in [-0.4, -0.2) is 0 Å². The standard InChI is InChI=1S/C12H20.C3H8/c1-2-4-6-11(7-5-3-1)10-12-8-9-12;1-3-2/h6,12H,1-5,7-10H2;3H2,1-2H3/b11-6-;.